The van der Waals surface area contributed by atoms with E-state index in [1.807, 2.05) is 84.9 Å². The molecule has 1 aromatic heterocycles. The second-order valence-corrected chi connectivity index (χ2v) is 8.08. The van der Waals surface area contributed by atoms with Gasteiger partial charge >= 0.3 is 0 Å². The van der Waals surface area contributed by atoms with Gasteiger partial charge in [0, 0.05) is 21.3 Å². The molecule has 29 heavy (non-hydrogen) atoms. The van der Waals surface area contributed by atoms with Crippen LogP contribution in [0.4, 0.5) is 5.69 Å². The number of nitrogens with one attached hydrogen (secondary N) is 1. The highest BCUT2D eigenvalue weighted by atomic mass is 79.9. The largest absolute Gasteiger partial charge is 0.431 e. The molecule has 6 heteroatoms. The van der Waals surface area contributed by atoms with Gasteiger partial charge < -0.3 is 9.73 Å². The Morgan fingerprint density at radius 2 is 1.62 bits per heavy atom. The fraction of sp³-hybridized carbons (Fsp3) is 0.0435. The molecule has 0 aliphatic heterocycles. The first-order valence-corrected chi connectivity index (χ1v) is 10.8. The molecular formula is C23H17BrN2O2S. The van der Waals surface area contributed by atoms with Gasteiger partial charge in [-0.3, -0.25) is 4.79 Å². The van der Waals surface area contributed by atoms with Gasteiger partial charge in [-0.15, -0.1) is 0 Å². The molecule has 0 saturated carbocycles. The second-order valence-electron chi connectivity index (χ2n) is 6.24. The number of thioether (sulfide) groups is 1. The zero-order valence-corrected chi connectivity index (χ0v) is 17.7. The van der Waals surface area contributed by atoms with Crippen LogP contribution >= 0.6 is 27.7 Å². The molecule has 0 saturated heterocycles. The van der Waals surface area contributed by atoms with E-state index in [9.17, 15) is 4.79 Å². The number of oxazole rings is 1. The van der Waals surface area contributed by atoms with Crippen molar-refractivity contribution in [2.45, 2.75) is 5.22 Å². The fourth-order valence-corrected chi connectivity index (χ4v) is 3.85. The summed E-state index contributed by atoms with van der Waals surface area (Å²) in [6, 6.07) is 27.3. The molecule has 0 radical (unpaired) electrons. The minimum atomic E-state index is -0.117. The van der Waals surface area contributed by atoms with E-state index in [-0.39, 0.29) is 11.7 Å². The average molecular weight is 465 g/mol. The van der Waals surface area contributed by atoms with Crippen molar-refractivity contribution < 1.29 is 9.21 Å². The van der Waals surface area contributed by atoms with Crippen LogP contribution in [0.25, 0.3) is 22.6 Å². The maximum atomic E-state index is 12.3. The lowest BCUT2D eigenvalue weighted by Crippen LogP contribution is -2.13. The van der Waals surface area contributed by atoms with Crippen LogP contribution in [-0.2, 0) is 4.79 Å². The number of hydrogen-bond acceptors (Lipinski definition) is 4. The molecule has 3 aromatic carbocycles. The van der Waals surface area contributed by atoms with Crippen LogP contribution in [0.3, 0.4) is 0 Å². The predicted molar refractivity (Wildman–Crippen MR) is 121 cm³/mol. The first-order valence-electron chi connectivity index (χ1n) is 8.99. The van der Waals surface area contributed by atoms with Gasteiger partial charge in [-0.25, -0.2) is 4.98 Å². The summed E-state index contributed by atoms with van der Waals surface area (Å²) in [5, 5.41) is 3.34. The lowest BCUT2D eigenvalue weighted by molar-refractivity contribution is -0.113. The van der Waals surface area contributed by atoms with Crippen molar-refractivity contribution in [1.29, 1.82) is 0 Å². The molecule has 0 aliphatic carbocycles. The topological polar surface area (TPSA) is 55.1 Å². The van der Waals surface area contributed by atoms with Crippen LogP contribution in [-0.4, -0.2) is 16.6 Å². The number of anilines is 1. The molecule has 0 bridgehead atoms. The Labute approximate surface area is 181 Å². The highest BCUT2D eigenvalue weighted by Gasteiger charge is 2.18. The molecule has 4 aromatic rings. The van der Waals surface area contributed by atoms with Crippen molar-refractivity contribution in [2.75, 3.05) is 11.1 Å². The average Bonchev–Trinajstić information content (AvgIpc) is 3.18. The Kier molecular flexibility index (Phi) is 6.12. The highest BCUT2D eigenvalue weighted by molar-refractivity contribution is 9.10. The van der Waals surface area contributed by atoms with Crippen LogP contribution < -0.4 is 5.32 Å². The zero-order valence-electron chi connectivity index (χ0n) is 15.3. The molecule has 0 unspecified atom stereocenters. The summed E-state index contributed by atoms with van der Waals surface area (Å²) >= 11 is 4.68. The van der Waals surface area contributed by atoms with E-state index in [1.165, 1.54) is 11.8 Å². The van der Waals surface area contributed by atoms with E-state index in [4.69, 9.17) is 4.42 Å². The van der Waals surface area contributed by atoms with E-state index >= 15 is 0 Å². The molecule has 144 valence electrons. The number of rotatable bonds is 6. The summed E-state index contributed by atoms with van der Waals surface area (Å²) in [6.45, 7) is 0. The second kappa shape index (κ2) is 9.11. The van der Waals surface area contributed by atoms with Crippen molar-refractivity contribution in [3.05, 3.63) is 89.4 Å². The molecule has 0 spiro atoms. The summed E-state index contributed by atoms with van der Waals surface area (Å²) in [4.78, 5) is 17.0. The Bertz CT molecular complexity index is 1060. The van der Waals surface area contributed by atoms with E-state index in [0.29, 0.717) is 11.0 Å². The molecule has 1 amide bonds. The number of nitrogens with zero attached hydrogens (tertiary/aromatic N) is 1. The third kappa shape index (κ3) is 4.96. The van der Waals surface area contributed by atoms with E-state index < -0.39 is 0 Å². The first-order chi connectivity index (χ1) is 14.2. The standard InChI is InChI=1S/C23H17BrN2O2S/c24-18-12-7-13-19(14-18)25-20(27)15-29-23-26-21(16-8-3-1-4-9-16)22(28-23)17-10-5-2-6-11-17/h1-14H,15H2,(H,25,27). The smallest absolute Gasteiger partial charge is 0.257 e. The predicted octanol–water partition coefficient (Wildman–Crippen LogP) is 6.50. The maximum absolute atomic E-state index is 12.3. The summed E-state index contributed by atoms with van der Waals surface area (Å²) in [5.74, 6) is 0.788. The lowest BCUT2D eigenvalue weighted by Gasteiger charge is -2.04. The van der Waals surface area contributed by atoms with Gasteiger partial charge in [0.05, 0.1) is 5.75 Å². The van der Waals surface area contributed by atoms with Gasteiger partial charge in [-0.05, 0) is 18.2 Å². The van der Waals surface area contributed by atoms with Crippen LogP contribution in [0.15, 0.2) is 99.0 Å². The number of carbonyl (C=O) groups excluding carboxylic acids is 1. The zero-order chi connectivity index (χ0) is 20.1. The van der Waals surface area contributed by atoms with E-state index in [2.05, 4.69) is 26.2 Å². The maximum Gasteiger partial charge on any atom is 0.257 e. The number of benzene rings is 3. The van der Waals surface area contributed by atoms with Crippen molar-refractivity contribution in [3.63, 3.8) is 0 Å². The van der Waals surface area contributed by atoms with Gasteiger partial charge in [-0.1, -0.05) is 94.4 Å². The molecule has 4 nitrogen and oxygen atoms in total. The van der Waals surface area contributed by atoms with Gasteiger partial charge in [0.1, 0.15) is 5.69 Å². The van der Waals surface area contributed by atoms with Gasteiger partial charge in [0.25, 0.3) is 5.22 Å². The van der Waals surface area contributed by atoms with E-state index in [1.54, 1.807) is 0 Å². The van der Waals surface area contributed by atoms with Crippen LogP contribution in [0.2, 0.25) is 0 Å². The van der Waals surface area contributed by atoms with Crippen molar-refractivity contribution >= 4 is 39.3 Å². The third-order valence-electron chi connectivity index (χ3n) is 4.13. The molecule has 4 rings (SSSR count). The highest BCUT2D eigenvalue weighted by Crippen LogP contribution is 2.35. The fourth-order valence-electron chi connectivity index (χ4n) is 2.83. The molecular weight excluding hydrogens is 448 g/mol. The Morgan fingerprint density at radius 1 is 0.931 bits per heavy atom. The number of halogens is 1. The molecule has 1 heterocycles. The normalized spacial score (nSPS) is 10.7. The number of amides is 1. The van der Waals surface area contributed by atoms with Crippen molar-refractivity contribution in [1.82, 2.24) is 4.98 Å². The molecule has 1 N–H and O–H groups in total. The summed E-state index contributed by atoms with van der Waals surface area (Å²) in [5.41, 5.74) is 3.43. The Morgan fingerprint density at radius 3 is 2.31 bits per heavy atom. The third-order valence-corrected chi connectivity index (χ3v) is 5.45. The van der Waals surface area contributed by atoms with Gasteiger partial charge in [-0.2, -0.15) is 0 Å². The summed E-state index contributed by atoms with van der Waals surface area (Å²) in [7, 11) is 0. The van der Waals surface area contributed by atoms with Crippen LogP contribution in [0, 0.1) is 0 Å². The monoisotopic (exact) mass is 464 g/mol. The lowest BCUT2D eigenvalue weighted by atomic mass is 10.1. The molecule has 0 atom stereocenters. The molecule has 0 fully saturated rings. The van der Waals surface area contributed by atoms with Crippen molar-refractivity contribution in [3.8, 4) is 22.6 Å². The minimum Gasteiger partial charge on any atom is -0.431 e. The minimum absolute atomic E-state index is 0.117. The summed E-state index contributed by atoms with van der Waals surface area (Å²) in [6.07, 6.45) is 0. The van der Waals surface area contributed by atoms with Gasteiger partial charge in [0.2, 0.25) is 5.91 Å². The van der Waals surface area contributed by atoms with Crippen LogP contribution in [0.1, 0.15) is 0 Å². The number of hydrogen-bond donors (Lipinski definition) is 1. The summed E-state index contributed by atoms with van der Waals surface area (Å²) < 4.78 is 6.95. The molecule has 0 aliphatic rings. The van der Waals surface area contributed by atoms with Crippen molar-refractivity contribution in [2.24, 2.45) is 0 Å². The Balaban J connectivity index is 1.53. The quantitative estimate of drug-likeness (QED) is 0.330. The van der Waals surface area contributed by atoms with E-state index in [0.717, 1.165) is 27.0 Å². The van der Waals surface area contributed by atoms with Crippen LogP contribution in [0.5, 0.6) is 0 Å². The Hall–Kier alpha value is -2.83. The first kappa shape index (κ1) is 19.5. The number of carbonyl (C=O) groups is 1. The number of aromatic nitrogens is 1. The van der Waals surface area contributed by atoms with Gasteiger partial charge in [0.15, 0.2) is 5.76 Å². The SMILES string of the molecule is O=C(CSc1nc(-c2ccccc2)c(-c2ccccc2)o1)Nc1cccc(Br)c1.